The molecule has 0 spiro atoms. The molecule has 0 fully saturated rings. The third-order valence-electron chi connectivity index (χ3n) is 3.09. The van der Waals surface area contributed by atoms with Gasteiger partial charge < -0.3 is 10.2 Å². The van der Waals surface area contributed by atoms with Crippen LogP contribution in [0.2, 0.25) is 0 Å². The summed E-state index contributed by atoms with van der Waals surface area (Å²) in [6.07, 6.45) is 0. The lowest BCUT2D eigenvalue weighted by Gasteiger charge is -2.13. The predicted octanol–water partition coefficient (Wildman–Crippen LogP) is 4.04. The van der Waals surface area contributed by atoms with E-state index in [1.165, 1.54) is 6.07 Å². The second-order valence-corrected chi connectivity index (χ2v) is 5.69. The molecule has 2 rings (SSSR count). The standard InChI is InChI=1S/C15H16BrN3O2/c1-18(2)13-6-3-11(4-7-13)10-17-12-5-8-15(19(20)21)14(16)9-12/h3-9,17H,10H2,1-2H3. The number of anilines is 2. The van der Waals surface area contributed by atoms with E-state index in [0.717, 1.165) is 16.9 Å². The molecule has 0 saturated heterocycles. The molecule has 5 nitrogen and oxygen atoms in total. The highest BCUT2D eigenvalue weighted by atomic mass is 79.9. The van der Waals surface area contributed by atoms with Gasteiger partial charge in [0.15, 0.2) is 0 Å². The first-order valence-corrected chi connectivity index (χ1v) is 7.21. The summed E-state index contributed by atoms with van der Waals surface area (Å²) in [5, 5.41) is 14.0. The van der Waals surface area contributed by atoms with Crippen LogP contribution in [0.4, 0.5) is 17.1 Å². The van der Waals surface area contributed by atoms with Gasteiger partial charge in [-0.25, -0.2) is 0 Å². The van der Waals surface area contributed by atoms with E-state index in [2.05, 4.69) is 45.5 Å². The zero-order chi connectivity index (χ0) is 15.4. The maximum Gasteiger partial charge on any atom is 0.283 e. The first-order valence-electron chi connectivity index (χ1n) is 6.41. The predicted molar refractivity (Wildman–Crippen MR) is 88.9 cm³/mol. The van der Waals surface area contributed by atoms with Crippen LogP contribution in [0, 0.1) is 10.1 Å². The van der Waals surface area contributed by atoms with Crippen LogP contribution in [0.5, 0.6) is 0 Å². The molecule has 2 aromatic carbocycles. The van der Waals surface area contributed by atoms with Crippen LogP contribution < -0.4 is 10.2 Å². The van der Waals surface area contributed by atoms with E-state index in [1.807, 2.05) is 19.0 Å². The summed E-state index contributed by atoms with van der Waals surface area (Å²) >= 11 is 3.21. The molecule has 0 unspecified atom stereocenters. The van der Waals surface area contributed by atoms with E-state index in [1.54, 1.807) is 12.1 Å². The lowest BCUT2D eigenvalue weighted by molar-refractivity contribution is -0.385. The molecule has 0 radical (unpaired) electrons. The van der Waals surface area contributed by atoms with Crippen molar-refractivity contribution in [2.75, 3.05) is 24.3 Å². The van der Waals surface area contributed by atoms with Gasteiger partial charge >= 0.3 is 0 Å². The summed E-state index contributed by atoms with van der Waals surface area (Å²) in [6, 6.07) is 13.1. The van der Waals surface area contributed by atoms with E-state index in [4.69, 9.17) is 0 Å². The van der Waals surface area contributed by atoms with Crippen molar-refractivity contribution in [3.05, 3.63) is 62.6 Å². The number of nitro groups is 1. The van der Waals surface area contributed by atoms with Gasteiger partial charge in [-0.2, -0.15) is 0 Å². The first-order chi connectivity index (χ1) is 9.97. The normalized spacial score (nSPS) is 10.2. The molecule has 1 N–H and O–H groups in total. The van der Waals surface area contributed by atoms with E-state index >= 15 is 0 Å². The van der Waals surface area contributed by atoms with Crippen LogP contribution in [0.3, 0.4) is 0 Å². The minimum atomic E-state index is -0.409. The molecule has 0 bridgehead atoms. The average Bonchev–Trinajstić information content (AvgIpc) is 2.45. The Morgan fingerprint density at radius 3 is 2.38 bits per heavy atom. The van der Waals surface area contributed by atoms with Crippen molar-refractivity contribution in [3.63, 3.8) is 0 Å². The Balaban J connectivity index is 2.03. The summed E-state index contributed by atoms with van der Waals surface area (Å²) in [6.45, 7) is 0.665. The summed E-state index contributed by atoms with van der Waals surface area (Å²) in [7, 11) is 4.00. The monoisotopic (exact) mass is 349 g/mol. The van der Waals surface area contributed by atoms with Crippen molar-refractivity contribution in [3.8, 4) is 0 Å². The van der Waals surface area contributed by atoms with Crippen LogP contribution in [0.25, 0.3) is 0 Å². The number of hydrogen-bond donors (Lipinski definition) is 1. The number of nitrogens with zero attached hydrogens (tertiary/aromatic N) is 2. The van der Waals surface area contributed by atoms with Gasteiger partial charge in [-0.3, -0.25) is 10.1 Å². The highest BCUT2D eigenvalue weighted by Crippen LogP contribution is 2.27. The van der Waals surface area contributed by atoms with Crippen LogP contribution in [0.15, 0.2) is 46.9 Å². The summed E-state index contributed by atoms with van der Waals surface area (Å²) < 4.78 is 0.473. The molecule has 110 valence electrons. The topological polar surface area (TPSA) is 58.4 Å². The van der Waals surface area contributed by atoms with E-state index in [-0.39, 0.29) is 5.69 Å². The minimum absolute atomic E-state index is 0.0656. The molecule has 0 amide bonds. The smallest absolute Gasteiger partial charge is 0.283 e. The fraction of sp³-hybridized carbons (Fsp3) is 0.200. The van der Waals surface area contributed by atoms with Gasteiger partial charge in [0.25, 0.3) is 5.69 Å². The number of halogens is 1. The Hall–Kier alpha value is -2.08. The van der Waals surface area contributed by atoms with E-state index in [0.29, 0.717) is 11.0 Å². The second kappa shape index (κ2) is 6.58. The molecule has 6 heteroatoms. The zero-order valence-corrected chi connectivity index (χ0v) is 13.4. The maximum absolute atomic E-state index is 10.8. The molecular weight excluding hydrogens is 334 g/mol. The fourth-order valence-electron chi connectivity index (χ4n) is 1.88. The molecule has 2 aromatic rings. The van der Waals surface area contributed by atoms with Gasteiger partial charge in [-0.1, -0.05) is 12.1 Å². The van der Waals surface area contributed by atoms with E-state index in [9.17, 15) is 10.1 Å². The highest BCUT2D eigenvalue weighted by molar-refractivity contribution is 9.10. The quantitative estimate of drug-likeness (QED) is 0.653. The van der Waals surface area contributed by atoms with Crippen molar-refractivity contribution >= 4 is 33.0 Å². The van der Waals surface area contributed by atoms with Gasteiger partial charge in [0.2, 0.25) is 0 Å². The molecule has 0 saturated carbocycles. The Kier molecular flexibility index (Phi) is 4.80. The van der Waals surface area contributed by atoms with Crippen LogP contribution in [-0.4, -0.2) is 19.0 Å². The van der Waals surface area contributed by atoms with Gasteiger partial charge in [0.1, 0.15) is 0 Å². The van der Waals surface area contributed by atoms with Crippen molar-refractivity contribution in [2.45, 2.75) is 6.54 Å². The number of nitro benzene ring substituents is 1. The summed E-state index contributed by atoms with van der Waals surface area (Å²) in [4.78, 5) is 12.4. The molecule has 0 aliphatic heterocycles. The largest absolute Gasteiger partial charge is 0.381 e. The van der Waals surface area contributed by atoms with Crippen molar-refractivity contribution < 1.29 is 4.92 Å². The molecule has 0 aromatic heterocycles. The average molecular weight is 350 g/mol. The Labute approximate surface area is 131 Å². The minimum Gasteiger partial charge on any atom is -0.381 e. The van der Waals surface area contributed by atoms with Gasteiger partial charge in [-0.05, 0) is 45.8 Å². The molecule has 0 atom stereocenters. The number of hydrogen-bond acceptors (Lipinski definition) is 4. The number of rotatable bonds is 5. The third kappa shape index (κ3) is 3.95. The van der Waals surface area contributed by atoms with Crippen molar-refractivity contribution in [1.82, 2.24) is 0 Å². The highest BCUT2D eigenvalue weighted by Gasteiger charge is 2.11. The molecule has 0 aliphatic rings. The van der Waals surface area contributed by atoms with Gasteiger partial charge in [0, 0.05) is 38.1 Å². The van der Waals surface area contributed by atoms with Crippen molar-refractivity contribution in [2.24, 2.45) is 0 Å². The molecule has 21 heavy (non-hydrogen) atoms. The van der Waals surface area contributed by atoms with Gasteiger partial charge in [-0.15, -0.1) is 0 Å². The molecule has 0 heterocycles. The number of benzene rings is 2. The van der Waals surface area contributed by atoms with Crippen LogP contribution in [0.1, 0.15) is 5.56 Å². The SMILES string of the molecule is CN(C)c1ccc(CNc2ccc([N+](=O)[O-])c(Br)c2)cc1. The molecular formula is C15H16BrN3O2. The Morgan fingerprint density at radius 2 is 1.86 bits per heavy atom. The van der Waals surface area contributed by atoms with Crippen molar-refractivity contribution in [1.29, 1.82) is 0 Å². The fourth-order valence-corrected chi connectivity index (χ4v) is 2.40. The zero-order valence-electron chi connectivity index (χ0n) is 11.8. The lowest BCUT2D eigenvalue weighted by atomic mass is 10.2. The van der Waals surface area contributed by atoms with Crippen LogP contribution in [-0.2, 0) is 6.54 Å². The lowest BCUT2D eigenvalue weighted by Crippen LogP contribution is -2.08. The number of nitrogens with one attached hydrogen (secondary N) is 1. The van der Waals surface area contributed by atoms with Gasteiger partial charge in [0.05, 0.1) is 9.40 Å². The Morgan fingerprint density at radius 1 is 1.19 bits per heavy atom. The van der Waals surface area contributed by atoms with Crippen LogP contribution >= 0.6 is 15.9 Å². The third-order valence-corrected chi connectivity index (χ3v) is 3.73. The second-order valence-electron chi connectivity index (χ2n) is 4.84. The maximum atomic E-state index is 10.8. The first kappa shape index (κ1) is 15.3. The summed E-state index contributed by atoms with van der Waals surface area (Å²) in [5.41, 5.74) is 3.20. The summed E-state index contributed by atoms with van der Waals surface area (Å²) in [5.74, 6) is 0. The van der Waals surface area contributed by atoms with E-state index < -0.39 is 4.92 Å². The molecule has 0 aliphatic carbocycles. The Bertz CT molecular complexity index is 642.